The number of rotatable bonds is 7. The molecule has 1 N–H and O–H groups in total. The highest BCUT2D eigenvalue weighted by Crippen LogP contribution is 2.18. The molecule has 0 aromatic carbocycles. The molecule has 1 aliphatic rings. The topological polar surface area (TPSA) is 49.4 Å². The maximum absolute atomic E-state index is 11.7. The maximum atomic E-state index is 11.7. The van der Waals surface area contributed by atoms with E-state index in [1.54, 1.807) is 0 Å². The van der Waals surface area contributed by atoms with Gasteiger partial charge < -0.3 is 10.2 Å². The fraction of sp³-hybridized carbons (Fsp3) is 0.846. The van der Waals surface area contributed by atoms with E-state index in [0.717, 1.165) is 32.2 Å². The molecule has 1 aliphatic heterocycles. The number of amides is 2. The molecule has 1 saturated heterocycles. The van der Waals surface area contributed by atoms with E-state index in [0.29, 0.717) is 19.5 Å². The zero-order valence-corrected chi connectivity index (χ0v) is 11.0. The third kappa shape index (κ3) is 4.36. The molecule has 0 aromatic rings. The van der Waals surface area contributed by atoms with E-state index in [9.17, 15) is 9.59 Å². The fourth-order valence-electron chi connectivity index (χ4n) is 2.11. The Morgan fingerprint density at radius 2 is 2.12 bits per heavy atom. The first-order valence-corrected chi connectivity index (χ1v) is 6.74. The first kappa shape index (κ1) is 14.0. The Labute approximate surface area is 104 Å². The number of carbonyl (C=O) groups is 2. The van der Waals surface area contributed by atoms with Crippen LogP contribution in [0.3, 0.4) is 0 Å². The Morgan fingerprint density at radius 1 is 1.35 bits per heavy atom. The highest BCUT2D eigenvalue weighted by molar-refractivity contribution is 5.89. The third-order valence-corrected chi connectivity index (χ3v) is 3.17. The van der Waals surface area contributed by atoms with Gasteiger partial charge in [-0.25, -0.2) is 0 Å². The van der Waals surface area contributed by atoms with Crippen LogP contribution in [0.25, 0.3) is 0 Å². The van der Waals surface area contributed by atoms with Crippen molar-refractivity contribution < 1.29 is 9.59 Å². The minimum Gasteiger partial charge on any atom is -0.356 e. The molecule has 4 heteroatoms. The van der Waals surface area contributed by atoms with Crippen LogP contribution in [-0.2, 0) is 9.59 Å². The van der Waals surface area contributed by atoms with Crippen LogP contribution in [0, 0.1) is 5.92 Å². The third-order valence-electron chi connectivity index (χ3n) is 3.17. The van der Waals surface area contributed by atoms with Gasteiger partial charge in [0, 0.05) is 26.1 Å². The molecule has 0 radical (unpaired) electrons. The Morgan fingerprint density at radius 3 is 2.76 bits per heavy atom. The molecule has 1 atom stereocenters. The number of hydrogen-bond donors (Lipinski definition) is 1. The summed E-state index contributed by atoms with van der Waals surface area (Å²) in [7, 11) is 0. The second-order valence-corrected chi connectivity index (χ2v) is 4.74. The van der Waals surface area contributed by atoms with Gasteiger partial charge in [-0.15, -0.1) is 0 Å². The van der Waals surface area contributed by atoms with Crippen molar-refractivity contribution in [2.75, 3.05) is 19.6 Å². The Balaban J connectivity index is 2.32. The number of nitrogens with zero attached hydrogens (tertiary/aromatic N) is 1. The zero-order chi connectivity index (χ0) is 12.7. The standard InChI is InChI=1S/C13H24N2O2/c1-3-5-6-8-15-10-11(9-12(15)16)13(17)14-7-4-2/h11H,3-10H2,1-2H3,(H,14,17). The number of unbranched alkanes of at least 4 members (excludes halogenated alkanes) is 2. The number of hydrogen-bond acceptors (Lipinski definition) is 2. The van der Waals surface area contributed by atoms with Crippen molar-refractivity contribution >= 4 is 11.8 Å². The Hall–Kier alpha value is -1.06. The Bertz CT molecular complexity index is 266. The molecule has 0 aromatic heterocycles. The van der Waals surface area contributed by atoms with Crippen molar-refractivity contribution in [3.05, 3.63) is 0 Å². The molecule has 1 unspecified atom stereocenters. The predicted molar refractivity (Wildman–Crippen MR) is 67.5 cm³/mol. The van der Waals surface area contributed by atoms with E-state index in [2.05, 4.69) is 12.2 Å². The summed E-state index contributed by atoms with van der Waals surface area (Å²) in [5.74, 6) is 0.0478. The molecule has 1 fully saturated rings. The van der Waals surface area contributed by atoms with Gasteiger partial charge in [-0.05, 0) is 12.8 Å². The predicted octanol–water partition coefficient (Wildman–Crippen LogP) is 1.55. The summed E-state index contributed by atoms with van der Waals surface area (Å²) in [6, 6.07) is 0. The summed E-state index contributed by atoms with van der Waals surface area (Å²) in [6.07, 6.45) is 4.68. The van der Waals surface area contributed by atoms with Crippen molar-refractivity contribution in [2.45, 2.75) is 46.0 Å². The lowest BCUT2D eigenvalue weighted by Crippen LogP contribution is -2.33. The van der Waals surface area contributed by atoms with Gasteiger partial charge in [0.05, 0.1) is 5.92 Å². The Kier molecular flexibility index (Phi) is 6.01. The van der Waals surface area contributed by atoms with Crippen molar-refractivity contribution in [1.29, 1.82) is 0 Å². The van der Waals surface area contributed by atoms with E-state index < -0.39 is 0 Å². The average molecular weight is 240 g/mol. The molecule has 0 bridgehead atoms. The highest BCUT2D eigenvalue weighted by Gasteiger charge is 2.33. The van der Waals surface area contributed by atoms with Crippen LogP contribution >= 0.6 is 0 Å². The van der Waals surface area contributed by atoms with Gasteiger partial charge >= 0.3 is 0 Å². The summed E-state index contributed by atoms with van der Waals surface area (Å²) in [6.45, 7) is 6.30. The normalized spacial score (nSPS) is 19.8. The largest absolute Gasteiger partial charge is 0.356 e. The quantitative estimate of drug-likeness (QED) is 0.686. The molecular formula is C13H24N2O2. The molecule has 1 rings (SSSR count). The summed E-state index contributed by atoms with van der Waals surface area (Å²) in [4.78, 5) is 25.3. The van der Waals surface area contributed by atoms with Crippen molar-refractivity contribution in [3.63, 3.8) is 0 Å². The van der Waals surface area contributed by atoms with Crippen molar-refractivity contribution in [3.8, 4) is 0 Å². The molecular weight excluding hydrogens is 216 g/mol. The molecule has 0 saturated carbocycles. The lowest BCUT2D eigenvalue weighted by atomic mass is 10.1. The lowest BCUT2D eigenvalue weighted by Gasteiger charge is -2.16. The van der Waals surface area contributed by atoms with Crippen LogP contribution in [0.15, 0.2) is 0 Å². The van der Waals surface area contributed by atoms with Gasteiger partial charge in [0.25, 0.3) is 0 Å². The van der Waals surface area contributed by atoms with Crippen LogP contribution in [0.5, 0.6) is 0 Å². The van der Waals surface area contributed by atoms with Gasteiger partial charge in [0.2, 0.25) is 11.8 Å². The zero-order valence-electron chi connectivity index (χ0n) is 11.0. The average Bonchev–Trinajstić information content (AvgIpc) is 2.68. The van der Waals surface area contributed by atoms with Crippen LogP contribution < -0.4 is 5.32 Å². The van der Waals surface area contributed by atoms with E-state index in [4.69, 9.17) is 0 Å². The molecule has 2 amide bonds. The van der Waals surface area contributed by atoms with Gasteiger partial charge in [0.15, 0.2) is 0 Å². The van der Waals surface area contributed by atoms with Crippen LogP contribution in [0.2, 0.25) is 0 Å². The SMILES string of the molecule is CCCCCN1CC(C(=O)NCCC)CC1=O. The van der Waals surface area contributed by atoms with E-state index in [-0.39, 0.29) is 17.7 Å². The van der Waals surface area contributed by atoms with E-state index in [1.165, 1.54) is 0 Å². The molecule has 4 nitrogen and oxygen atoms in total. The van der Waals surface area contributed by atoms with Crippen LogP contribution in [0.1, 0.15) is 46.0 Å². The molecule has 17 heavy (non-hydrogen) atoms. The second-order valence-electron chi connectivity index (χ2n) is 4.74. The molecule has 0 spiro atoms. The van der Waals surface area contributed by atoms with Gasteiger partial charge in [-0.2, -0.15) is 0 Å². The first-order valence-electron chi connectivity index (χ1n) is 6.74. The molecule has 98 valence electrons. The van der Waals surface area contributed by atoms with Gasteiger partial charge in [0.1, 0.15) is 0 Å². The van der Waals surface area contributed by atoms with Crippen LogP contribution in [-0.4, -0.2) is 36.3 Å². The van der Waals surface area contributed by atoms with E-state index in [1.807, 2.05) is 11.8 Å². The fourth-order valence-corrected chi connectivity index (χ4v) is 2.11. The number of carbonyl (C=O) groups excluding carboxylic acids is 2. The minimum absolute atomic E-state index is 0.0400. The summed E-state index contributed by atoms with van der Waals surface area (Å²) >= 11 is 0. The number of likely N-dealkylation sites (tertiary alicyclic amines) is 1. The highest BCUT2D eigenvalue weighted by atomic mass is 16.2. The number of nitrogens with one attached hydrogen (secondary N) is 1. The second kappa shape index (κ2) is 7.30. The lowest BCUT2D eigenvalue weighted by molar-refractivity contribution is -0.129. The molecule has 1 heterocycles. The minimum atomic E-state index is -0.129. The summed E-state index contributed by atoms with van der Waals surface area (Å²) < 4.78 is 0. The smallest absolute Gasteiger partial charge is 0.225 e. The first-order chi connectivity index (χ1) is 8.19. The summed E-state index contributed by atoms with van der Waals surface area (Å²) in [5, 5.41) is 2.86. The monoisotopic (exact) mass is 240 g/mol. The van der Waals surface area contributed by atoms with Gasteiger partial charge in [-0.1, -0.05) is 26.7 Å². The van der Waals surface area contributed by atoms with Crippen molar-refractivity contribution in [1.82, 2.24) is 10.2 Å². The molecule has 0 aliphatic carbocycles. The van der Waals surface area contributed by atoms with Gasteiger partial charge in [-0.3, -0.25) is 9.59 Å². The van der Waals surface area contributed by atoms with E-state index >= 15 is 0 Å². The maximum Gasteiger partial charge on any atom is 0.225 e. The summed E-state index contributed by atoms with van der Waals surface area (Å²) in [5.41, 5.74) is 0. The van der Waals surface area contributed by atoms with Crippen molar-refractivity contribution in [2.24, 2.45) is 5.92 Å². The van der Waals surface area contributed by atoms with Crippen LogP contribution in [0.4, 0.5) is 0 Å².